The normalized spacial score (nSPS) is 11.8. The third-order valence-electron chi connectivity index (χ3n) is 16.7. The lowest BCUT2D eigenvalue weighted by Crippen LogP contribution is -3.14. The quantitative estimate of drug-likeness (QED) is 0.0562. The highest BCUT2D eigenvalue weighted by atomic mass is 79.9. The molecule has 0 atom stereocenters. The van der Waals surface area contributed by atoms with Gasteiger partial charge in [0.05, 0.1) is 39.3 Å². The van der Waals surface area contributed by atoms with Gasteiger partial charge in [0.25, 0.3) is 0 Å². The number of nitrogens with one attached hydrogen (secondary N) is 2. The molecule has 0 heterocycles. The number of unbranched alkanes of at least 4 members (excludes halogenated alkanes) is 44. The van der Waals surface area contributed by atoms with Crippen molar-refractivity contribution in [3.63, 3.8) is 0 Å². The lowest BCUT2D eigenvalue weighted by molar-refractivity contribution is -0.914. The van der Waals surface area contributed by atoms with Crippen molar-refractivity contribution in [2.75, 3.05) is 28.2 Å². The van der Waals surface area contributed by atoms with Gasteiger partial charge in [-0.15, -0.1) is 0 Å². The summed E-state index contributed by atoms with van der Waals surface area (Å²) in [6.45, 7) is 14.3. The van der Waals surface area contributed by atoms with Crippen LogP contribution in [0.25, 0.3) is 0 Å². The van der Waals surface area contributed by atoms with Gasteiger partial charge in [0, 0.05) is 25.7 Å². The van der Waals surface area contributed by atoms with Crippen LogP contribution in [-0.4, -0.2) is 39.3 Å². The van der Waals surface area contributed by atoms with E-state index in [2.05, 4.69) is 69.7 Å². The average molecular weight is 1090 g/mol. The molecule has 0 saturated heterocycles. The molecule has 0 rings (SSSR count). The van der Waals surface area contributed by atoms with Crippen LogP contribution in [0.1, 0.15) is 375 Å². The van der Waals surface area contributed by atoms with E-state index in [-0.39, 0.29) is 34.0 Å². The van der Waals surface area contributed by atoms with E-state index in [4.69, 9.17) is 0 Å². The molecule has 0 aromatic rings. The second kappa shape index (κ2) is 60.4. The Kier molecular flexibility index (Phi) is 67.0. The molecule has 68 heavy (non-hydrogen) atoms. The minimum atomic E-state index is 0. The third kappa shape index (κ3) is 54.6. The van der Waals surface area contributed by atoms with Crippen LogP contribution in [0.2, 0.25) is 0 Å². The summed E-state index contributed by atoms with van der Waals surface area (Å²) in [5.41, 5.74) is 0.994. The lowest BCUT2D eigenvalue weighted by atomic mass is 9.87. The van der Waals surface area contributed by atoms with Crippen LogP contribution in [0.4, 0.5) is 0 Å². The highest BCUT2D eigenvalue weighted by molar-refractivity contribution is 4.74. The predicted octanol–water partition coefficient (Wildman–Crippen LogP) is 14.2. The van der Waals surface area contributed by atoms with Gasteiger partial charge in [-0.1, -0.05) is 310 Å². The van der Waals surface area contributed by atoms with Crippen LogP contribution in [0, 0.1) is 0 Å². The summed E-state index contributed by atoms with van der Waals surface area (Å²) in [6.07, 6.45) is 75.6. The molecule has 416 valence electrons. The summed E-state index contributed by atoms with van der Waals surface area (Å²) in [5, 5.41) is 0. The number of quaternary nitrogens is 2. The van der Waals surface area contributed by atoms with Gasteiger partial charge in [0.1, 0.15) is 0 Å². The van der Waals surface area contributed by atoms with Gasteiger partial charge >= 0.3 is 0 Å². The monoisotopic (exact) mass is 1090 g/mol. The standard InChI is InChI=1S/2C32H67N.2BrH/c2*1-6-8-10-12-14-16-18-20-22-24-26-28-30-32(3,33(4)5)31-29-27-25-23-21-19-17-15-13-11-9-7-2;;/h2*6-31H2,1-5H3;2*1H. The zero-order valence-electron chi connectivity index (χ0n) is 49.5. The van der Waals surface area contributed by atoms with Crippen LogP contribution < -0.4 is 43.8 Å². The topological polar surface area (TPSA) is 8.88 Å². The molecule has 0 spiro atoms. The summed E-state index contributed by atoms with van der Waals surface area (Å²) in [4.78, 5) is 3.35. The lowest BCUT2D eigenvalue weighted by Gasteiger charge is -2.33. The Balaban J connectivity index is -0.000000585. The molecule has 0 aromatic carbocycles. The first-order valence-corrected chi connectivity index (χ1v) is 31.7. The van der Waals surface area contributed by atoms with Gasteiger partial charge in [-0.25, -0.2) is 0 Å². The minimum Gasteiger partial charge on any atom is -1.00 e. The van der Waals surface area contributed by atoms with Gasteiger partial charge in [0.15, 0.2) is 0 Å². The number of rotatable bonds is 54. The first kappa shape index (κ1) is 75.4. The average Bonchev–Trinajstić information content (AvgIpc) is 3.30. The van der Waals surface area contributed by atoms with E-state index in [1.165, 1.54) is 334 Å². The van der Waals surface area contributed by atoms with E-state index in [1.54, 1.807) is 9.80 Å². The molecule has 0 saturated carbocycles. The van der Waals surface area contributed by atoms with Gasteiger partial charge in [-0.2, -0.15) is 0 Å². The van der Waals surface area contributed by atoms with E-state index in [0.717, 1.165) is 0 Å². The van der Waals surface area contributed by atoms with Crippen LogP contribution in [0.3, 0.4) is 0 Å². The summed E-state index contributed by atoms with van der Waals surface area (Å²) in [7, 11) is 9.56. The third-order valence-corrected chi connectivity index (χ3v) is 16.7. The van der Waals surface area contributed by atoms with Gasteiger partial charge in [-0.3, -0.25) is 0 Å². The van der Waals surface area contributed by atoms with Crippen molar-refractivity contribution in [3.8, 4) is 0 Å². The van der Waals surface area contributed by atoms with Crippen LogP contribution in [0.5, 0.6) is 0 Å². The molecule has 2 N–H and O–H groups in total. The molecular formula is C64H136Br2N2. The van der Waals surface area contributed by atoms with Crippen LogP contribution in [0.15, 0.2) is 0 Å². The maximum atomic E-state index is 2.55. The summed E-state index contributed by atoms with van der Waals surface area (Å²) < 4.78 is 0. The highest BCUT2D eigenvalue weighted by Crippen LogP contribution is 2.23. The fourth-order valence-electron chi connectivity index (χ4n) is 10.7. The van der Waals surface area contributed by atoms with Gasteiger partial charge < -0.3 is 43.8 Å². The molecular weight excluding hydrogens is 957 g/mol. The maximum Gasteiger partial charge on any atom is 0.0944 e. The second-order valence-corrected chi connectivity index (χ2v) is 23.7. The summed E-state index contributed by atoms with van der Waals surface area (Å²) >= 11 is 0. The van der Waals surface area contributed by atoms with Crippen molar-refractivity contribution in [2.45, 2.75) is 387 Å². The molecule has 0 radical (unpaired) electrons. The minimum absolute atomic E-state index is 0. The molecule has 2 nitrogen and oxygen atoms in total. The molecule has 4 heteroatoms. The Labute approximate surface area is 455 Å². The fourth-order valence-corrected chi connectivity index (χ4v) is 10.7. The van der Waals surface area contributed by atoms with Crippen molar-refractivity contribution in [1.29, 1.82) is 0 Å². The van der Waals surface area contributed by atoms with E-state index in [1.807, 2.05) is 0 Å². The number of hydrogen-bond donors (Lipinski definition) is 2. The van der Waals surface area contributed by atoms with Crippen LogP contribution in [-0.2, 0) is 0 Å². The van der Waals surface area contributed by atoms with E-state index < -0.39 is 0 Å². The summed E-state index contributed by atoms with van der Waals surface area (Å²) in [5.74, 6) is 0. The van der Waals surface area contributed by atoms with E-state index in [9.17, 15) is 0 Å². The largest absolute Gasteiger partial charge is 1.00 e. The van der Waals surface area contributed by atoms with E-state index in [0.29, 0.717) is 11.1 Å². The van der Waals surface area contributed by atoms with Crippen LogP contribution >= 0.6 is 0 Å². The Bertz CT molecular complexity index is 750. The fraction of sp³-hybridized carbons (Fsp3) is 1.00. The molecule has 0 aromatic heterocycles. The predicted molar refractivity (Wildman–Crippen MR) is 305 cm³/mol. The molecule has 0 aliphatic rings. The number of halogens is 2. The van der Waals surface area contributed by atoms with Crippen molar-refractivity contribution in [1.82, 2.24) is 0 Å². The Morgan fingerprint density at radius 1 is 0.191 bits per heavy atom. The van der Waals surface area contributed by atoms with Gasteiger partial charge in [-0.05, 0) is 39.5 Å². The first-order valence-electron chi connectivity index (χ1n) is 31.7. The van der Waals surface area contributed by atoms with Crippen molar-refractivity contribution < 1.29 is 43.8 Å². The number of hydrogen-bond acceptors (Lipinski definition) is 0. The SMILES string of the molecule is CCCCCCCCCCCCCCC(C)(CCCCCCCCCCCCCC)[NH+](C)C.CCCCCCCCCCCCCCC(C)(CCCCCCCCCCCCCC)[NH+](C)C.[Br-].[Br-]. The maximum absolute atomic E-state index is 2.55. The summed E-state index contributed by atoms with van der Waals surface area (Å²) in [6, 6.07) is 0. The smallest absolute Gasteiger partial charge is 0.0944 e. The Morgan fingerprint density at radius 3 is 0.397 bits per heavy atom. The van der Waals surface area contributed by atoms with Gasteiger partial charge in [0.2, 0.25) is 0 Å². The molecule has 0 amide bonds. The molecule has 0 unspecified atom stereocenters. The Hall–Kier alpha value is 0.880. The van der Waals surface area contributed by atoms with Crippen molar-refractivity contribution in [2.24, 2.45) is 0 Å². The zero-order chi connectivity index (χ0) is 48.9. The highest BCUT2D eigenvalue weighted by Gasteiger charge is 2.30. The zero-order valence-corrected chi connectivity index (χ0v) is 52.7. The van der Waals surface area contributed by atoms with E-state index >= 15 is 0 Å². The first-order chi connectivity index (χ1) is 32.1. The molecule has 0 aliphatic heterocycles. The molecule has 0 fully saturated rings. The van der Waals surface area contributed by atoms with Crippen molar-refractivity contribution >= 4 is 0 Å². The van der Waals surface area contributed by atoms with Crippen molar-refractivity contribution in [3.05, 3.63) is 0 Å². The molecule has 0 aliphatic carbocycles. The molecule has 0 bridgehead atoms. The second-order valence-electron chi connectivity index (χ2n) is 23.7. The Morgan fingerprint density at radius 2 is 0.294 bits per heavy atom.